The van der Waals surface area contributed by atoms with E-state index >= 15 is 0 Å². The molecule has 0 saturated heterocycles. The number of aliphatic carboxylic acids is 1. The summed E-state index contributed by atoms with van der Waals surface area (Å²) in [5.41, 5.74) is 0. The molecular formula is C7H13BrN2O2. The minimum atomic E-state index is -0.743. The molecule has 0 aliphatic carbocycles. The van der Waals surface area contributed by atoms with Crippen LogP contribution in [0.4, 0.5) is 0 Å². The van der Waals surface area contributed by atoms with Crippen molar-refractivity contribution in [2.75, 3.05) is 20.3 Å². The Hall–Kier alpha value is -0.710. The van der Waals surface area contributed by atoms with Gasteiger partial charge < -0.3 is 14.9 Å². The van der Waals surface area contributed by atoms with E-state index in [0.29, 0.717) is 6.54 Å². The van der Waals surface area contributed by atoms with Crippen LogP contribution >= 0.6 is 17.0 Å². The van der Waals surface area contributed by atoms with Gasteiger partial charge in [0, 0.05) is 26.0 Å². The fourth-order valence-corrected chi connectivity index (χ4v) is 0.973. The van der Waals surface area contributed by atoms with Crippen molar-refractivity contribution < 1.29 is 9.90 Å². The maximum Gasteiger partial charge on any atom is 0.305 e. The largest absolute Gasteiger partial charge is 0.481 e. The zero-order valence-corrected chi connectivity index (χ0v) is 8.65. The Balaban J connectivity index is 0.00000121. The van der Waals surface area contributed by atoms with Crippen molar-refractivity contribution in [1.82, 2.24) is 9.80 Å². The fourth-order valence-electron chi connectivity index (χ4n) is 0.973. The molecule has 0 bridgehead atoms. The Morgan fingerprint density at radius 3 is 2.67 bits per heavy atom. The van der Waals surface area contributed by atoms with Crippen LogP contribution in [-0.4, -0.2) is 41.1 Å². The zero-order chi connectivity index (χ0) is 8.27. The molecule has 0 aromatic rings. The highest BCUT2D eigenvalue weighted by atomic mass is 79.9. The van der Waals surface area contributed by atoms with Gasteiger partial charge in [-0.05, 0) is 0 Å². The number of carboxylic acids is 1. The maximum atomic E-state index is 10.2. The first-order chi connectivity index (χ1) is 5.18. The van der Waals surface area contributed by atoms with E-state index in [9.17, 15) is 4.79 Å². The highest BCUT2D eigenvalue weighted by molar-refractivity contribution is 8.93. The second-order valence-corrected chi connectivity index (χ2v) is 2.65. The molecule has 1 N–H and O–H groups in total. The van der Waals surface area contributed by atoms with Gasteiger partial charge in [-0.1, -0.05) is 0 Å². The first-order valence-corrected chi connectivity index (χ1v) is 3.53. The van der Waals surface area contributed by atoms with Crippen LogP contribution in [0.25, 0.3) is 0 Å². The van der Waals surface area contributed by atoms with Gasteiger partial charge in [-0.3, -0.25) is 4.79 Å². The van der Waals surface area contributed by atoms with Gasteiger partial charge in [0.05, 0.1) is 13.1 Å². The van der Waals surface area contributed by atoms with Crippen molar-refractivity contribution in [3.8, 4) is 0 Å². The van der Waals surface area contributed by atoms with Gasteiger partial charge in [-0.25, -0.2) is 0 Å². The Morgan fingerprint density at radius 2 is 2.25 bits per heavy atom. The molecule has 1 rings (SSSR count). The number of halogens is 1. The summed E-state index contributed by atoms with van der Waals surface area (Å²) in [6.07, 6.45) is 4.04. The summed E-state index contributed by atoms with van der Waals surface area (Å²) in [4.78, 5) is 14.1. The molecule has 1 heterocycles. The van der Waals surface area contributed by atoms with E-state index < -0.39 is 5.97 Å². The molecule has 4 nitrogen and oxygen atoms in total. The molecule has 1 aliphatic rings. The number of hydrogen-bond acceptors (Lipinski definition) is 3. The third-order valence-corrected chi connectivity index (χ3v) is 1.55. The molecule has 0 atom stereocenters. The first-order valence-electron chi connectivity index (χ1n) is 3.53. The molecule has 0 saturated carbocycles. The molecular weight excluding hydrogens is 224 g/mol. The number of rotatable bonds is 3. The lowest BCUT2D eigenvalue weighted by molar-refractivity contribution is -0.137. The normalized spacial score (nSPS) is 14.8. The van der Waals surface area contributed by atoms with Crippen LogP contribution in [0.5, 0.6) is 0 Å². The lowest BCUT2D eigenvalue weighted by Gasteiger charge is -2.16. The lowest BCUT2D eigenvalue weighted by atomic mass is 10.4. The van der Waals surface area contributed by atoms with Crippen LogP contribution < -0.4 is 0 Å². The van der Waals surface area contributed by atoms with Gasteiger partial charge >= 0.3 is 5.97 Å². The van der Waals surface area contributed by atoms with Crippen LogP contribution in [0.3, 0.4) is 0 Å². The van der Waals surface area contributed by atoms with E-state index in [2.05, 4.69) is 0 Å². The van der Waals surface area contributed by atoms with E-state index in [4.69, 9.17) is 5.11 Å². The average molecular weight is 237 g/mol. The Kier molecular flexibility index (Phi) is 4.73. The van der Waals surface area contributed by atoms with Gasteiger partial charge in [0.1, 0.15) is 0 Å². The molecule has 0 spiro atoms. The smallest absolute Gasteiger partial charge is 0.305 e. The third-order valence-electron chi connectivity index (χ3n) is 1.55. The molecule has 0 fully saturated rings. The average Bonchev–Trinajstić information content (AvgIpc) is 2.31. The van der Waals surface area contributed by atoms with Gasteiger partial charge in [0.2, 0.25) is 0 Å². The molecule has 0 aromatic carbocycles. The van der Waals surface area contributed by atoms with Crippen LogP contribution in [0.1, 0.15) is 6.42 Å². The van der Waals surface area contributed by atoms with Crippen molar-refractivity contribution in [2.45, 2.75) is 6.42 Å². The fraction of sp³-hybridized carbons (Fsp3) is 0.571. The Morgan fingerprint density at radius 1 is 1.58 bits per heavy atom. The summed E-state index contributed by atoms with van der Waals surface area (Å²) in [6.45, 7) is 1.39. The van der Waals surface area contributed by atoms with E-state index in [1.165, 1.54) is 0 Å². The molecule has 0 aromatic heterocycles. The van der Waals surface area contributed by atoms with E-state index in [0.717, 1.165) is 6.67 Å². The molecule has 1 aliphatic heterocycles. The molecule has 0 unspecified atom stereocenters. The predicted octanol–water partition coefficient (Wildman–Crippen LogP) is 0.715. The minimum absolute atomic E-state index is 0. The molecule has 70 valence electrons. The highest BCUT2D eigenvalue weighted by Gasteiger charge is 2.08. The van der Waals surface area contributed by atoms with Crippen LogP contribution in [-0.2, 0) is 4.79 Å². The topological polar surface area (TPSA) is 43.8 Å². The molecule has 0 amide bonds. The van der Waals surface area contributed by atoms with Crippen molar-refractivity contribution in [3.63, 3.8) is 0 Å². The lowest BCUT2D eigenvalue weighted by Crippen LogP contribution is -2.24. The molecule has 12 heavy (non-hydrogen) atoms. The summed E-state index contributed by atoms with van der Waals surface area (Å²) >= 11 is 0. The summed E-state index contributed by atoms with van der Waals surface area (Å²) in [7, 11) is 1.96. The van der Waals surface area contributed by atoms with Gasteiger partial charge in [0.15, 0.2) is 0 Å². The SMILES string of the molecule is Br.CN1C=CN(CCC(=O)O)C1. The summed E-state index contributed by atoms with van der Waals surface area (Å²) in [5.74, 6) is -0.743. The highest BCUT2D eigenvalue weighted by Crippen LogP contribution is 2.03. The number of hydrogen-bond donors (Lipinski definition) is 1. The summed E-state index contributed by atoms with van der Waals surface area (Å²) in [5, 5.41) is 8.38. The van der Waals surface area contributed by atoms with Crippen molar-refractivity contribution >= 4 is 23.0 Å². The van der Waals surface area contributed by atoms with Crippen molar-refractivity contribution in [3.05, 3.63) is 12.4 Å². The molecule has 0 radical (unpaired) electrons. The number of carboxylic acid groups (broad SMARTS) is 1. The number of nitrogens with zero attached hydrogens (tertiary/aromatic N) is 2. The van der Waals surface area contributed by atoms with Gasteiger partial charge in [-0.15, -0.1) is 17.0 Å². The van der Waals surface area contributed by atoms with Crippen molar-refractivity contribution in [1.29, 1.82) is 0 Å². The van der Waals surface area contributed by atoms with Crippen LogP contribution in [0, 0.1) is 0 Å². The Labute approximate surface area is 82.2 Å². The monoisotopic (exact) mass is 236 g/mol. The van der Waals surface area contributed by atoms with E-state index in [1.807, 2.05) is 29.2 Å². The number of carbonyl (C=O) groups is 1. The zero-order valence-electron chi connectivity index (χ0n) is 6.93. The maximum absolute atomic E-state index is 10.2. The van der Waals surface area contributed by atoms with Crippen LogP contribution in [0.15, 0.2) is 12.4 Å². The van der Waals surface area contributed by atoms with E-state index in [-0.39, 0.29) is 23.4 Å². The summed E-state index contributed by atoms with van der Waals surface area (Å²) in [6, 6.07) is 0. The second kappa shape index (κ2) is 5.03. The van der Waals surface area contributed by atoms with Gasteiger partial charge in [-0.2, -0.15) is 0 Å². The quantitative estimate of drug-likeness (QED) is 0.785. The Bertz CT molecular complexity index is 184. The van der Waals surface area contributed by atoms with Gasteiger partial charge in [0.25, 0.3) is 0 Å². The summed E-state index contributed by atoms with van der Waals surface area (Å²) < 4.78 is 0. The molecule has 5 heteroatoms. The van der Waals surface area contributed by atoms with E-state index in [1.54, 1.807) is 0 Å². The standard InChI is InChI=1S/C7H12N2O2.BrH/c1-8-4-5-9(6-8)3-2-7(10)11;/h4-5H,2-3,6H2,1H3,(H,10,11);1H. The predicted molar refractivity (Wildman–Crippen MR) is 51.1 cm³/mol. The van der Waals surface area contributed by atoms with Crippen LogP contribution in [0.2, 0.25) is 0 Å². The first kappa shape index (κ1) is 11.3. The second-order valence-electron chi connectivity index (χ2n) is 2.65. The third kappa shape index (κ3) is 3.61. The van der Waals surface area contributed by atoms with Crippen molar-refractivity contribution in [2.24, 2.45) is 0 Å². The minimum Gasteiger partial charge on any atom is -0.481 e.